The molecule has 0 atom stereocenters. The number of benzene rings is 1. The summed E-state index contributed by atoms with van der Waals surface area (Å²) in [6.07, 6.45) is 1.44. The van der Waals surface area contributed by atoms with Gasteiger partial charge in [-0.25, -0.2) is 4.79 Å². The highest BCUT2D eigenvalue weighted by Gasteiger charge is 2.06. The van der Waals surface area contributed by atoms with Gasteiger partial charge in [-0.1, -0.05) is 23.8 Å². The highest BCUT2D eigenvalue weighted by molar-refractivity contribution is 5.65. The molecule has 4 heteroatoms. The predicted octanol–water partition coefficient (Wildman–Crippen LogP) is 1.35. The average Bonchev–Trinajstić information content (AvgIpc) is 2.19. The molecule has 0 spiro atoms. The zero-order chi connectivity index (χ0) is 11.7. The maximum atomic E-state index is 11.6. The van der Waals surface area contributed by atoms with Crippen molar-refractivity contribution in [3.8, 4) is 11.1 Å². The number of rotatable bonds is 1. The van der Waals surface area contributed by atoms with Crippen LogP contribution in [0.5, 0.6) is 0 Å². The Morgan fingerprint density at radius 1 is 1.06 bits per heavy atom. The standard InChI is InChI=1S/C12H12N2O2/c1-7-3-4-9(8(2)5-7)10-6-13-12(16)14-11(10)15/h3-6H,1-2H3,(H2,13,14,15,16). The van der Waals surface area contributed by atoms with Crippen molar-refractivity contribution in [1.82, 2.24) is 9.97 Å². The first-order valence-electron chi connectivity index (χ1n) is 4.97. The van der Waals surface area contributed by atoms with Crippen LogP contribution in [-0.2, 0) is 0 Å². The van der Waals surface area contributed by atoms with Crippen LogP contribution < -0.4 is 11.2 Å². The molecular formula is C12H12N2O2. The lowest BCUT2D eigenvalue weighted by Crippen LogP contribution is -2.22. The molecule has 2 aromatic rings. The van der Waals surface area contributed by atoms with E-state index in [1.165, 1.54) is 6.20 Å². The van der Waals surface area contributed by atoms with Crippen molar-refractivity contribution in [2.24, 2.45) is 0 Å². The molecule has 0 saturated carbocycles. The van der Waals surface area contributed by atoms with E-state index >= 15 is 0 Å². The zero-order valence-electron chi connectivity index (χ0n) is 9.13. The second-order valence-electron chi connectivity index (χ2n) is 3.80. The Hall–Kier alpha value is -2.10. The Balaban J connectivity index is 2.68. The third kappa shape index (κ3) is 1.82. The third-order valence-electron chi connectivity index (χ3n) is 2.49. The van der Waals surface area contributed by atoms with E-state index in [1.54, 1.807) is 0 Å². The minimum atomic E-state index is -0.487. The fourth-order valence-electron chi connectivity index (χ4n) is 1.73. The summed E-state index contributed by atoms with van der Waals surface area (Å²) in [5.41, 5.74) is 2.62. The molecule has 1 heterocycles. The highest BCUT2D eigenvalue weighted by Crippen LogP contribution is 2.19. The van der Waals surface area contributed by atoms with Crippen LogP contribution in [0.15, 0.2) is 34.0 Å². The van der Waals surface area contributed by atoms with Gasteiger partial charge in [-0.3, -0.25) is 9.78 Å². The molecule has 4 nitrogen and oxygen atoms in total. The summed E-state index contributed by atoms with van der Waals surface area (Å²) in [4.78, 5) is 27.2. The number of H-pyrrole nitrogens is 2. The van der Waals surface area contributed by atoms with Gasteiger partial charge >= 0.3 is 5.69 Å². The maximum absolute atomic E-state index is 11.6. The molecular weight excluding hydrogens is 204 g/mol. The van der Waals surface area contributed by atoms with Crippen LogP contribution in [-0.4, -0.2) is 9.97 Å². The van der Waals surface area contributed by atoms with E-state index in [0.717, 1.165) is 16.7 Å². The number of aromatic nitrogens is 2. The number of hydrogen-bond acceptors (Lipinski definition) is 2. The molecule has 82 valence electrons. The molecule has 0 radical (unpaired) electrons. The Morgan fingerprint density at radius 3 is 2.44 bits per heavy atom. The summed E-state index contributed by atoms with van der Waals surface area (Å²) in [5.74, 6) is 0. The molecule has 2 N–H and O–H groups in total. The van der Waals surface area contributed by atoms with E-state index in [-0.39, 0.29) is 5.56 Å². The number of nitrogens with one attached hydrogen (secondary N) is 2. The third-order valence-corrected chi connectivity index (χ3v) is 2.49. The molecule has 0 aliphatic carbocycles. The largest absolute Gasteiger partial charge is 0.325 e. The maximum Gasteiger partial charge on any atom is 0.325 e. The summed E-state index contributed by atoms with van der Waals surface area (Å²) in [6.45, 7) is 3.93. The lowest BCUT2D eigenvalue weighted by atomic mass is 10.0. The van der Waals surface area contributed by atoms with Gasteiger partial charge in [0.1, 0.15) is 0 Å². The van der Waals surface area contributed by atoms with E-state index in [0.29, 0.717) is 5.56 Å². The van der Waals surface area contributed by atoms with E-state index in [9.17, 15) is 9.59 Å². The smallest absolute Gasteiger partial charge is 0.313 e. The summed E-state index contributed by atoms with van der Waals surface area (Å²) in [6, 6.07) is 5.82. The monoisotopic (exact) mass is 216 g/mol. The van der Waals surface area contributed by atoms with Gasteiger partial charge in [0.15, 0.2) is 0 Å². The fourth-order valence-corrected chi connectivity index (χ4v) is 1.73. The van der Waals surface area contributed by atoms with Gasteiger partial charge in [-0.2, -0.15) is 0 Å². The molecule has 2 rings (SSSR count). The van der Waals surface area contributed by atoms with E-state index in [1.807, 2.05) is 32.0 Å². The minimum Gasteiger partial charge on any atom is -0.313 e. The number of hydrogen-bond donors (Lipinski definition) is 2. The van der Waals surface area contributed by atoms with Gasteiger partial charge < -0.3 is 4.98 Å². The lowest BCUT2D eigenvalue weighted by Gasteiger charge is -2.05. The molecule has 16 heavy (non-hydrogen) atoms. The van der Waals surface area contributed by atoms with Crippen LogP contribution >= 0.6 is 0 Å². The Labute approximate surface area is 92.0 Å². The first-order valence-corrected chi connectivity index (χ1v) is 4.97. The first-order chi connectivity index (χ1) is 7.58. The van der Waals surface area contributed by atoms with Gasteiger partial charge in [-0.15, -0.1) is 0 Å². The number of aryl methyl sites for hydroxylation is 2. The summed E-state index contributed by atoms with van der Waals surface area (Å²) >= 11 is 0. The molecule has 0 bridgehead atoms. The van der Waals surface area contributed by atoms with Crippen LogP contribution in [0, 0.1) is 13.8 Å². The van der Waals surface area contributed by atoms with Crippen LogP contribution in [0.4, 0.5) is 0 Å². The van der Waals surface area contributed by atoms with Crippen molar-refractivity contribution in [1.29, 1.82) is 0 Å². The van der Waals surface area contributed by atoms with Crippen LogP contribution in [0.2, 0.25) is 0 Å². The second kappa shape index (κ2) is 3.81. The van der Waals surface area contributed by atoms with Gasteiger partial charge in [0.2, 0.25) is 0 Å². The van der Waals surface area contributed by atoms with Gasteiger partial charge in [0.05, 0.1) is 5.56 Å². The van der Waals surface area contributed by atoms with E-state index in [2.05, 4.69) is 9.97 Å². The summed E-state index contributed by atoms with van der Waals surface area (Å²) in [7, 11) is 0. The van der Waals surface area contributed by atoms with Crippen LogP contribution in [0.25, 0.3) is 11.1 Å². The normalized spacial score (nSPS) is 10.4. The van der Waals surface area contributed by atoms with Crippen LogP contribution in [0.1, 0.15) is 11.1 Å². The summed E-state index contributed by atoms with van der Waals surface area (Å²) in [5, 5.41) is 0. The van der Waals surface area contributed by atoms with Gasteiger partial charge in [0.25, 0.3) is 5.56 Å². The van der Waals surface area contributed by atoms with Crippen molar-refractivity contribution in [2.75, 3.05) is 0 Å². The number of aromatic amines is 2. The van der Waals surface area contributed by atoms with Crippen molar-refractivity contribution >= 4 is 0 Å². The SMILES string of the molecule is Cc1ccc(-c2c[nH]c(=O)[nH]c2=O)c(C)c1. The molecule has 0 saturated heterocycles. The van der Waals surface area contributed by atoms with E-state index in [4.69, 9.17) is 0 Å². The predicted molar refractivity (Wildman–Crippen MR) is 62.6 cm³/mol. The van der Waals surface area contributed by atoms with Crippen molar-refractivity contribution in [2.45, 2.75) is 13.8 Å². The quantitative estimate of drug-likeness (QED) is 0.755. The zero-order valence-corrected chi connectivity index (χ0v) is 9.13. The van der Waals surface area contributed by atoms with Crippen molar-refractivity contribution in [3.05, 3.63) is 56.4 Å². The Morgan fingerprint density at radius 2 is 1.81 bits per heavy atom. The minimum absolute atomic E-state index is 0.365. The molecule has 1 aromatic carbocycles. The molecule has 0 amide bonds. The molecule has 0 fully saturated rings. The average molecular weight is 216 g/mol. The van der Waals surface area contributed by atoms with Gasteiger partial charge in [0, 0.05) is 6.20 Å². The Bertz CT molecular complexity index is 638. The topological polar surface area (TPSA) is 65.7 Å². The first kappa shape index (κ1) is 10.4. The van der Waals surface area contributed by atoms with Crippen molar-refractivity contribution < 1.29 is 0 Å². The Kier molecular flexibility index (Phi) is 2.48. The van der Waals surface area contributed by atoms with Crippen molar-refractivity contribution in [3.63, 3.8) is 0 Å². The second-order valence-corrected chi connectivity index (χ2v) is 3.80. The van der Waals surface area contributed by atoms with E-state index < -0.39 is 5.69 Å². The molecule has 0 unspecified atom stereocenters. The fraction of sp³-hybridized carbons (Fsp3) is 0.167. The summed E-state index contributed by atoms with van der Waals surface area (Å²) < 4.78 is 0. The van der Waals surface area contributed by atoms with Gasteiger partial charge in [-0.05, 0) is 25.0 Å². The molecule has 0 aliphatic heterocycles. The molecule has 0 aliphatic rings. The highest BCUT2D eigenvalue weighted by atomic mass is 16.2. The lowest BCUT2D eigenvalue weighted by molar-refractivity contribution is 1.04. The molecule has 1 aromatic heterocycles. The van der Waals surface area contributed by atoms with Crippen LogP contribution in [0.3, 0.4) is 0 Å².